The largest absolute Gasteiger partial charge is 0.495 e. The van der Waals surface area contributed by atoms with E-state index >= 15 is 0 Å². The van der Waals surface area contributed by atoms with Crippen LogP contribution in [0.15, 0.2) is 63.5 Å². The lowest BCUT2D eigenvalue weighted by molar-refractivity contribution is 0.0330. The fourth-order valence-electron chi connectivity index (χ4n) is 6.62. The first-order chi connectivity index (χ1) is 19.0. The molecular weight excluding hydrogens is 580 g/mol. The first-order valence-corrected chi connectivity index (χ1v) is 14.9. The van der Waals surface area contributed by atoms with Crippen LogP contribution in [0.1, 0.15) is 52.5 Å². The summed E-state index contributed by atoms with van der Waals surface area (Å²) in [7, 11) is 1.64. The van der Waals surface area contributed by atoms with Crippen LogP contribution in [0.2, 0.25) is 0 Å². The molecule has 3 aromatic rings. The molecule has 1 amide bonds. The summed E-state index contributed by atoms with van der Waals surface area (Å²) < 4.78 is 13.2. The number of aliphatic hydroxyl groups is 1. The van der Waals surface area contributed by atoms with Gasteiger partial charge < -0.3 is 24.3 Å². The number of hydrogen-bond donors (Lipinski definition) is 1. The quantitative estimate of drug-likeness (QED) is 0.350. The van der Waals surface area contributed by atoms with Gasteiger partial charge in [-0.3, -0.25) is 4.79 Å². The average Bonchev–Trinajstić information content (AvgIpc) is 3.57. The van der Waals surface area contributed by atoms with E-state index in [2.05, 4.69) is 28.0 Å². The zero-order chi connectivity index (χ0) is 27.1. The van der Waals surface area contributed by atoms with Crippen molar-refractivity contribution in [3.05, 3.63) is 80.0 Å². The van der Waals surface area contributed by atoms with Crippen LogP contribution in [0.25, 0.3) is 0 Å². The van der Waals surface area contributed by atoms with Gasteiger partial charge >= 0.3 is 0 Å². The Labute approximate surface area is 240 Å². The number of halogens is 1. The zero-order valence-electron chi connectivity index (χ0n) is 21.9. The van der Waals surface area contributed by atoms with Crippen LogP contribution in [-0.2, 0) is 23.4 Å². The molecule has 1 aromatic heterocycles. The number of aliphatic hydroxyl groups excluding tert-OH is 1. The van der Waals surface area contributed by atoms with Crippen LogP contribution >= 0.6 is 27.3 Å². The molecule has 6 rings (SSSR count). The second-order valence-electron chi connectivity index (χ2n) is 10.6. The van der Waals surface area contributed by atoms with Gasteiger partial charge in [0.1, 0.15) is 28.7 Å². The Morgan fingerprint density at radius 2 is 2.08 bits per heavy atom. The molecule has 7 nitrogen and oxygen atoms in total. The monoisotopic (exact) mass is 610 g/mol. The molecule has 204 valence electrons. The minimum absolute atomic E-state index is 0.0615. The summed E-state index contributed by atoms with van der Waals surface area (Å²) in [5.74, 6) is 1.51. The van der Waals surface area contributed by atoms with Gasteiger partial charge in [0.15, 0.2) is 0 Å². The third-order valence-electron chi connectivity index (χ3n) is 8.46. The molecule has 1 N–H and O–H groups in total. The van der Waals surface area contributed by atoms with Crippen molar-refractivity contribution in [3.8, 4) is 11.5 Å². The van der Waals surface area contributed by atoms with Gasteiger partial charge in [-0.05, 0) is 63.3 Å². The molecule has 0 bridgehead atoms. The number of amides is 1. The van der Waals surface area contributed by atoms with Gasteiger partial charge in [0, 0.05) is 23.9 Å². The van der Waals surface area contributed by atoms with Crippen molar-refractivity contribution in [2.45, 2.75) is 56.9 Å². The summed E-state index contributed by atoms with van der Waals surface area (Å²) in [5.41, 5.74) is 3.76. The highest BCUT2D eigenvalue weighted by molar-refractivity contribution is 9.10. The molecule has 1 aliphatic carbocycles. The van der Waals surface area contributed by atoms with Gasteiger partial charge in [-0.2, -0.15) is 0 Å². The van der Waals surface area contributed by atoms with Crippen LogP contribution in [0.4, 0.5) is 0 Å². The smallest absolute Gasteiger partial charge is 0.264 e. The predicted octanol–water partition coefficient (Wildman–Crippen LogP) is 5.93. The molecule has 0 radical (unpaired) electrons. The Morgan fingerprint density at radius 1 is 1.26 bits per heavy atom. The van der Waals surface area contributed by atoms with E-state index in [-0.39, 0.29) is 30.6 Å². The fourth-order valence-corrected chi connectivity index (χ4v) is 7.87. The van der Waals surface area contributed by atoms with E-state index < -0.39 is 5.41 Å². The number of thiophene rings is 1. The number of oxime groups is 1. The summed E-state index contributed by atoms with van der Waals surface area (Å²) in [6, 6.07) is 15.4. The predicted molar refractivity (Wildman–Crippen MR) is 154 cm³/mol. The molecular formula is C30H31BrN2O5S. The van der Waals surface area contributed by atoms with E-state index in [1.165, 1.54) is 11.3 Å². The van der Waals surface area contributed by atoms with Crippen molar-refractivity contribution >= 4 is 38.9 Å². The number of carbonyl (C=O) groups excluding carboxylic acids is 1. The lowest BCUT2D eigenvalue weighted by atomic mass is 9.59. The molecule has 1 fully saturated rings. The summed E-state index contributed by atoms with van der Waals surface area (Å²) in [6.07, 6.45) is 1.75. The minimum atomic E-state index is -0.393. The molecule has 9 heteroatoms. The Balaban J connectivity index is 1.38. The number of hydrogen-bond acceptors (Lipinski definition) is 7. The van der Waals surface area contributed by atoms with Crippen LogP contribution in [-0.4, -0.2) is 47.5 Å². The third-order valence-corrected chi connectivity index (χ3v) is 10.1. The highest BCUT2D eigenvalue weighted by atomic mass is 79.9. The Hall–Kier alpha value is -2.88. The number of methoxy groups -OCH3 is 1. The number of carbonyl (C=O) groups is 1. The van der Waals surface area contributed by atoms with Crippen molar-refractivity contribution in [1.29, 1.82) is 0 Å². The van der Waals surface area contributed by atoms with E-state index in [1.54, 1.807) is 7.11 Å². The molecule has 1 spiro atoms. The maximum Gasteiger partial charge on any atom is 0.264 e. The van der Waals surface area contributed by atoms with Gasteiger partial charge in [0.25, 0.3) is 5.91 Å². The summed E-state index contributed by atoms with van der Waals surface area (Å²) in [4.78, 5) is 21.9. The van der Waals surface area contributed by atoms with E-state index in [0.29, 0.717) is 36.6 Å². The fraction of sp³-hybridized carbons (Fsp3) is 0.400. The van der Waals surface area contributed by atoms with E-state index in [4.69, 9.17) is 14.3 Å². The number of nitrogens with zero attached hydrogens (tertiary/aromatic N) is 2. The molecule has 0 saturated heterocycles. The minimum Gasteiger partial charge on any atom is -0.495 e. The molecule has 3 heterocycles. The number of ether oxygens (including phenoxy) is 2. The van der Waals surface area contributed by atoms with Crippen LogP contribution < -0.4 is 9.47 Å². The first kappa shape index (κ1) is 26.3. The standard InChI is InChI=1S/C30H31BrN2O5S/c1-18-11-21(32-37-17-19-7-4-3-5-8-19)13-25-30(18)14-22(16-34)33(29(35)24-9-6-10-39-24)15-20-12-23(36-2)27(31)28(38-25)26(20)30/h3-10,12,18,22,25,34H,11,13-17H2,1-2H3/b32-21+/t18-,22+,25-,30+/m1/s1. The van der Waals surface area contributed by atoms with Gasteiger partial charge in [0.2, 0.25) is 0 Å². The molecule has 3 aliphatic rings. The maximum atomic E-state index is 13.7. The number of rotatable bonds is 6. The third kappa shape index (κ3) is 4.44. The molecule has 39 heavy (non-hydrogen) atoms. The highest BCUT2D eigenvalue weighted by Gasteiger charge is 2.59. The second-order valence-corrected chi connectivity index (χ2v) is 12.3. The first-order valence-electron chi connectivity index (χ1n) is 13.2. The van der Waals surface area contributed by atoms with E-state index in [1.807, 2.05) is 58.8 Å². The average molecular weight is 612 g/mol. The molecule has 4 atom stereocenters. The van der Waals surface area contributed by atoms with Crippen molar-refractivity contribution < 1.29 is 24.2 Å². The normalized spacial score (nSPS) is 26.4. The number of benzene rings is 2. The summed E-state index contributed by atoms with van der Waals surface area (Å²) >= 11 is 5.16. The van der Waals surface area contributed by atoms with E-state index in [0.717, 1.165) is 39.0 Å². The van der Waals surface area contributed by atoms with Gasteiger partial charge in [0.05, 0.1) is 30.3 Å². The lowest BCUT2D eigenvalue weighted by Crippen LogP contribution is -2.53. The Kier molecular flexibility index (Phi) is 7.16. The Morgan fingerprint density at radius 3 is 2.79 bits per heavy atom. The topological polar surface area (TPSA) is 80.6 Å². The van der Waals surface area contributed by atoms with Crippen LogP contribution in [0, 0.1) is 5.92 Å². The van der Waals surface area contributed by atoms with Gasteiger partial charge in [-0.1, -0.05) is 48.5 Å². The van der Waals surface area contributed by atoms with Gasteiger partial charge in [-0.25, -0.2) is 0 Å². The van der Waals surface area contributed by atoms with Crippen molar-refractivity contribution in [2.24, 2.45) is 11.1 Å². The summed E-state index contributed by atoms with van der Waals surface area (Å²) in [5, 5.41) is 17.1. The van der Waals surface area contributed by atoms with E-state index in [9.17, 15) is 9.90 Å². The molecule has 0 unspecified atom stereocenters. The maximum absolute atomic E-state index is 13.7. The zero-order valence-corrected chi connectivity index (χ0v) is 24.3. The molecule has 2 aromatic carbocycles. The van der Waals surface area contributed by atoms with Crippen molar-refractivity contribution in [3.63, 3.8) is 0 Å². The Bertz CT molecular complexity index is 1400. The van der Waals surface area contributed by atoms with Crippen LogP contribution in [0.5, 0.6) is 11.5 Å². The SMILES string of the molecule is COc1cc2c3c(c1Br)O[C@@H]1C/C(=N/OCc4ccccc4)C[C@@H](C)[C@]31C[C@@H](CO)N(C(=O)c1cccs1)C2. The van der Waals surface area contributed by atoms with Gasteiger partial charge in [-0.15, -0.1) is 11.3 Å². The second kappa shape index (κ2) is 10.6. The summed E-state index contributed by atoms with van der Waals surface area (Å²) in [6.45, 7) is 2.89. The van der Waals surface area contributed by atoms with Crippen molar-refractivity contribution in [1.82, 2.24) is 4.90 Å². The lowest BCUT2D eigenvalue weighted by Gasteiger charge is -2.45. The molecule has 2 aliphatic heterocycles. The van der Waals surface area contributed by atoms with Crippen molar-refractivity contribution in [2.75, 3.05) is 13.7 Å². The molecule has 1 saturated carbocycles. The highest BCUT2D eigenvalue weighted by Crippen LogP contribution is 2.61. The van der Waals surface area contributed by atoms with Crippen LogP contribution in [0.3, 0.4) is 0 Å².